The minimum absolute atomic E-state index is 0.0811. The lowest BCUT2D eigenvalue weighted by atomic mass is 9.46. The Morgan fingerprint density at radius 3 is 2.68 bits per heavy atom. The van der Waals surface area contributed by atoms with Gasteiger partial charge in [0.05, 0.1) is 5.41 Å². The second-order valence-corrected chi connectivity index (χ2v) is 9.80. The van der Waals surface area contributed by atoms with Crippen LogP contribution in [0.15, 0.2) is 47.2 Å². The number of nitrogens with zero attached hydrogens (tertiary/aromatic N) is 4. The average Bonchev–Trinajstić information content (AvgIpc) is 3.24. The number of carbonyl (C=O) groups is 1. The molecular weight excluding hydrogens is 390 g/mol. The van der Waals surface area contributed by atoms with E-state index in [4.69, 9.17) is 9.51 Å². The molecule has 4 bridgehead atoms. The fraction of sp³-hybridized carbons (Fsp3) is 0.458. The van der Waals surface area contributed by atoms with Crippen LogP contribution in [0.4, 0.5) is 0 Å². The second kappa shape index (κ2) is 6.70. The van der Waals surface area contributed by atoms with Crippen LogP contribution in [0.5, 0.6) is 0 Å². The smallest absolute Gasteiger partial charge is 0.270 e. The van der Waals surface area contributed by atoms with Crippen molar-refractivity contribution in [1.29, 1.82) is 0 Å². The molecule has 4 aliphatic rings. The van der Waals surface area contributed by atoms with Gasteiger partial charge in [-0.1, -0.05) is 11.2 Å². The van der Waals surface area contributed by atoms with Crippen molar-refractivity contribution in [3.8, 4) is 11.4 Å². The minimum Gasteiger partial charge on any atom is -0.345 e. The van der Waals surface area contributed by atoms with E-state index >= 15 is 0 Å². The third kappa shape index (κ3) is 3.14. The zero-order valence-corrected chi connectivity index (χ0v) is 17.5. The van der Waals surface area contributed by atoms with E-state index in [-0.39, 0.29) is 16.9 Å². The highest BCUT2D eigenvalue weighted by molar-refractivity contribution is 5.92. The topological polar surface area (TPSA) is 93.8 Å². The Morgan fingerprint density at radius 1 is 1.10 bits per heavy atom. The van der Waals surface area contributed by atoms with Crippen molar-refractivity contribution in [2.24, 2.45) is 11.8 Å². The van der Waals surface area contributed by atoms with Crippen LogP contribution in [-0.4, -0.2) is 31.6 Å². The van der Waals surface area contributed by atoms with E-state index in [9.17, 15) is 4.79 Å². The minimum atomic E-state index is -0.227. The van der Waals surface area contributed by atoms with Gasteiger partial charge in [0.2, 0.25) is 11.7 Å². The maximum absolute atomic E-state index is 13.1. The number of nitrogens with one attached hydrogen (secondary N) is 1. The molecular formula is C24H25N5O2. The molecule has 4 saturated carbocycles. The third-order valence-electron chi connectivity index (χ3n) is 7.36. The molecule has 3 aromatic heterocycles. The van der Waals surface area contributed by atoms with E-state index in [0.29, 0.717) is 29.2 Å². The molecule has 2 unspecified atom stereocenters. The van der Waals surface area contributed by atoms with Crippen molar-refractivity contribution in [3.05, 3.63) is 60.0 Å². The standard InChI is InChI=1S/C24H25N5O2/c1-15-4-2-6-19(26-15)21(30)28-24-11-16-8-17(12-24)10-23(9-16,14-24)22-27-20(29-31-22)18-5-3-7-25-13-18/h2-7,13,16-17H,8-12,14H2,1H3,(H,28,30). The Kier molecular flexibility index (Phi) is 4.04. The van der Waals surface area contributed by atoms with Gasteiger partial charge in [-0.15, -0.1) is 0 Å². The molecule has 7 nitrogen and oxygen atoms in total. The van der Waals surface area contributed by atoms with Crippen LogP contribution >= 0.6 is 0 Å². The summed E-state index contributed by atoms with van der Waals surface area (Å²) in [4.78, 5) is 26.5. The third-order valence-corrected chi connectivity index (χ3v) is 7.36. The van der Waals surface area contributed by atoms with Crippen LogP contribution in [0.1, 0.15) is 60.6 Å². The summed E-state index contributed by atoms with van der Waals surface area (Å²) in [5, 5.41) is 7.66. The number of pyridine rings is 2. The first-order valence-corrected chi connectivity index (χ1v) is 11.0. The monoisotopic (exact) mass is 415 g/mol. The highest BCUT2D eigenvalue weighted by Gasteiger charge is 2.61. The van der Waals surface area contributed by atoms with Crippen LogP contribution in [-0.2, 0) is 5.41 Å². The summed E-state index contributed by atoms with van der Waals surface area (Å²) < 4.78 is 5.84. The zero-order valence-electron chi connectivity index (χ0n) is 17.5. The van der Waals surface area contributed by atoms with E-state index in [1.165, 1.54) is 6.42 Å². The van der Waals surface area contributed by atoms with Crippen LogP contribution in [0.25, 0.3) is 11.4 Å². The summed E-state index contributed by atoms with van der Waals surface area (Å²) in [6, 6.07) is 9.40. The molecule has 0 saturated heterocycles. The SMILES string of the molecule is Cc1cccc(C(=O)NC23CC4CC(C2)CC(c2nc(-c5cccnc5)no2)(C4)C3)n1. The lowest BCUT2D eigenvalue weighted by Crippen LogP contribution is -2.64. The molecule has 158 valence electrons. The first-order valence-electron chi connectivity index (χ1n) is 11.0. The van der Waals surface area contributed by atoms with E-state index < -0.39 is 0 Å². The highest BCUT2D eigenvalue weighted by atomic mass is 16.5. The predicted molar refractivity (Wildman–Crippen MR) is 113 cm³/mol. The molecule has 3 aromatic rings. The normalized spacial score (nSPS) is 31.0. The first-order chi connectivity index (χ1) is 15.0. The van der Waals surface area contributed by atoms with Crippen molar-refractivity contribution in [3.63, 3.8) is 0 Å². The van der Waals surface area contributed by atoms with Gasteiger partial charge in [-0.05, 0) is 81.5 Å². The Balaban J connectivity index is 1.31. The molecule has 31 heavy (non-hydrogen) atoms. The maximum atomic E-state index is 13.1. The van der Waals surface area contributed by atoms with Crippen LogP contribution in [0, 0.1) is 18.8 Å². The largest absolute Gasteiger partial charge is 0.345 e. The number of aromatic nitrogens is 4. The summed E-state index contributed by atoms with van der Waals surface area (Å²) in [6.45, 7) is 1.91. The molecule has 1 N–H and O–H groups in total. The molecule has 0 spiro atoms. The molecule has 0 radical (unpaired) electrons. The van der Waals surface area contributed by atoms with Crippen molar-refractivity contribution in [2.45, 2.75) is 56.4 Å². The lowest BCUT2D eigenvalue weighted by molar-refractivity contribution is -0.0489. The predicted octanol–water partition coefficient (Wildman–Crippen LogP) is 3.86. The van der Waals surface area contributed by atoms with Crippen LogP contribution in [0.2, 0.25) is 0 Å². The summed E-state index contributed by atoms with van der Waals surface area (Å²) in [6.07, 6.45) is 9.71. The molecule has 2 atom stereocenters. The summed E-state index contributed by atoms with van der Waals surface area (Å²) >= 11 is 0. The number of amides is 1. The Morgan fingerprint density at radius 2 is 1.94 bits per heavy atom. The fourth-order valence-electron chi connectivity index (χ4n) is 6.68. The molecule has 3 heterocycles. The van der Waals surface area contributed by atoms with Gasteiger partial charge >= 0.3 is 0 Å². The first kappa shape index (κ1) is 18.7. The number of hydrogen-bond donors (Lipinski definition) is 1. The molecule has 4 fully saturated rings. The van der Waals surface area contributed by atoms with Gasteiger partial charge < -0.3 is 9.84 Å². The van der Waals surface area contributed by atoms with Gasteiger partial charge in [-0.2, -0.15) is 4.98 Å². The molecule has 0 aliphatic heterocycles. The lowest BCUT2D eigenvalue weighted by Gasteiger charge is -2.60. The van der Waals surface area contributed by atoms with Gasteiger partial charge in [-0.25, -0.2) is 4.98 Å². The van der Waals surface area contributed by atoms with Gasteiger partial charge in [0.1, 0.15) is 5.69 Å². The van der Waals surface area contributed by atoms with E-state index in [1.807, 2.05) is 31.2 Å². The number of aryl methyl sites for hydroxylation is 1. The Labute approximate surface area is 180 Å². The molecule has 4 aliphatic carbocycles. The Bertz CT molecular complexity index is 1130. The fourth-order valence-corrected chi connectivity index (χ4v) is 6.68. The van der Waals surface area contributed by atoms with E-state index in [0.717, 1.165) is 43.4 Å². The molecule has 7 heteroatoms. The van der Waals surface area contributed by atoms with Crippen molar-refractivity contribution >= 4 is 5.91 Å². The van der Waals surface area contributed by atoms with Crippen LogP contribution < -0.4 is 5.32 Å². The van der Waals surface area contributed by atoms with Crippen molar-refractivity contribution in [1.82, 2.24) is 25.4 Å². The van der Waals surface area contributed by atoms with Gasteiger partial charge in [0, 0.05) is 29.2 Å². The number of carbonyl (C=O) groups excluding carboxylic acids is 1. The Hall–Kier alpha value is -3.09. The van der Waals surface area contributed by atoms with E-state index in [2.05, 4.69) is 20.4 Å². The second-order valence-electron chi connectivity index (χ2n) is 9.80. The van der Waals surface area contributed by atoms with Crippen LogP contribution in [0.3, 0.4) is 0 Å². The van der Waals surface area contributed by atoms with Gasteiger partial charge in [-0.3, -0.25) is 9.78 Å². The highest BCUT2D eigenvalue weighted by Crippen LogP contribution is 2.62. The van der Waals surface area contributed by atoms with E-state index in [1.54, 1.807) is 18.5 Å². The molecule has 7 rings (SSSR count). The summed E-state index contributed by atoms with van der Waals surface area (Å²) in [5.41, 5.74) is 1.81. The summed E-state index contributed by atoms with van der Waals surface area (Å²) in [7, 11) is 0. The maximum Gasteiger partial charge on any atom is 0.270 e. The zero-order chi connectivity index (χ0) is 21.1. The molecule has 1 amide bonds. The van der Waals surface area contributed by atoms with Gasteiger partial charge in [0.15, 0.2) is 0 Å². The van der Waals surface area contributed by atoms with Crippen molar-refractivity contribution < 1.29 is 9.32 Å². The molecule has 0 aromatic carbocycles. The number of rotatable bonds is 4. The summed E-state index contributed by atoms with van der Waals surface area (Å²) in [5.74, 6) is 2.36. The van der Waals surface area contributed by atoms with Crippen molar-refractivity contribution in [2.75, 3.05) is 0 Å². The average molecular weight is 415 g/mol. The van der Waals surface area contributed by atoms with Gasteiger partial charge in [0.25, 0.3) is 5.91 Å². The number of hydrogen-bond acceptors (Lipinski definition) is 6. The quantitative estimate of drug-likeness (QED) is 0.695.